The first-order valence-corrected chi connectivity index (χ1v) is 7.63. The summed E-state index contributed by atoms with van der Waals surface area (Å²) in [5, 5.41) is 8.39. The van der Waals surface area contributed by atoms with Gasteiger partial charge in [0.2, 0.25) is 0 Å². The molecule has 0 bridgehead atoms. The molecule has 1 N–H and O–H groups in total. The lowest BCUT2D eigenvalue weighted by Crippen LogP contribution is -2.27. The van der Waals surface area contributed by atoms with Crippen LogP contribution in [0, 0.1) is 6.92 Å². The quantitative estimate of drug-likeness (QED) is 0.847. The molecule has 0 aliphatic carbocycles. The predicted octanol–water partition coefficient (Wildman–Crippen LogP) is 4.17. The van der Waals surface area contributed by atoms with Crippen LogP contribution >= 0.6 is 0 Å². The second kappa shape index (κ2) is 7.07. The van der Waals surface area contributed by atoms with Crippen LogP contribution in [-0.2, 0) is 4.79 Å². The van der Waals surface area contributed by atoms with Gasteiger partial charge < -0.3 is 10.0 Å². The topological polar surface area (TPSA) is 53.4 Å². The molecule has 1 fully saturated rings. The molecule has 0 spiro atoms. The maximum absolute atomic E-state index is 10.6. The zero-order valence-electron chi connectivity index (χ0n) is 13.5. The lowest BCUT2D eigenvalue weighted by atomic mass is 10.1. The molecule has 1 aliphatic heterocycles. The Hall–Kier alpha value is -2.31. The summed E-state index contributed by atoms with van der Waals surface area (Å²) in [4.78, 5) is 16.1. The SMILES string of the molecule is Cc1cc(N2CCC[C@@H]2C)nc2ccccc12.O=C(O)C(F)(F)F. The second-order valence-corrected chi connectivity index (χ2v) is 5.80. The number of alkyl halides is 3. The zero-order chi connectivity index (χ0) is 17.9. The molecule has 2 heterocycles. The lowest BCUT2D eigenvalue weighted by Gasteiger charge is -2.23. The van der Waals surface area contributed by atoms with Crippen LogP contribution in [0.5, 0.6) is 0 Å². The Morgan fingerprint density at radius 2 is 1.96 bits per heavy atom. The van der Waals surface area contributed by atoms with Gasteiger partial charge in [0, 0.05) is 18.0 Å². The second-order valence-electron chi connectivity index (χ2n) is 5.80. The molecule has 0 amide bonds. The molecule has 4 nitrogen and oxygen atoms in total. The first-order chi connectivity index (χ1) is 11.2. The number of para-hydroxylation sites is 1. The van der Waals surface area contributed by atoms with Crippen molar-refractivity contribution in [3.63, 3.8) is 0 Å². The number of aromatic nitrogens is 1. The summed E-state index contributed by atoms with van der Waals surface area (Å²) in [5.74, 6) is -1.61. The molecule has 0 unspecified atom stereocenters. The number of carboxylic acids is 1. The van der Waals surface area contributed by atoms with Gasteiger partial charge in [-0.2, -0.15) is 13.2 Å². The lowest BCUT2D eigenvalue weighted by molar-refractivity contribution is -0.192. The van der Waals surface area contributed by atoms with Gasteiger partial charge in [0.25, 0.3) is 0 Å². The van der Waals surface area contributed by atoms with E-state index in [1.807, 2.05) is 0 Å². The minimum atomic E-state index is -5.08. The zero-order valence-corrected chi connectivity index (χ0v) is 13.5. The van der Waals surface area contributed by atoms with Gasteiger partial charge in [-0.15, -0.1) is 0 Å². The van der Waals surface area contributed by atoms with E-state index < -0.39 is 12.1 Å². The minimum Gasteiger partial charge on any atom is -0.475 e. The highest BCUT2D eigenvalue weighted by molar-refractivity contribution is 5.83. The van der Waals surface area contributed by atoms with Crippen LogP contribution in [0.2, 0.25) is 0 Å². The molecule has 1 aliphatic rings. The summed E-state index contributed by atoms with van der Waals surface area (Å²) in [6.07, 6.45) is -2.51. The van der Waals surface area contributed by atoms with Gasteiger partial charge in [-0.25, -0.2) is 9.78 Å². The van der Waals surface area contributed by atoms with Gasteiger partial charge >= 0.3 is 12.1 Å². The molecule has 0 saturated carbocycles. The van der Waals surface area contributed by atoms with Crippen LogP contribution in [-0.4, -0.2) is 34.8 Å². The maximum Gasteiger partial charge on any atom is 0.490 e. The van der Waals surface area contributed by atoms with Crippen LogP contribution in [0.3, 0.4) is 0 Å². The van der Waals surface area contributed by atoms with Gasteiger partial charge in [-0.05, 0) is 44.4 Å². The molecule has 3 rings (SSSR count). The standard InChI is InChI=1S/C15H18N2.C2HF3O2/c1-11-10-15(17-9-5-6-12(17)2)16-14-8-4-3-7-13(11)14;3-2(4,5)1(6)7/h3-4,7-8,10,12H,5-6,9H2,1-2H3;(H,6,7)/t12-;/m0./s1. The van der Waals surface area contributed by atoms with Crippen molar-refractivity contribution >= 4 is 22.7 Å². The van der Waals surface area contributed by atoms with E-state index in [2.05, 4.69) is 49.1 Å². The van der Waals surface area contributed by atoms with Crippen molar-refractivity contribution < 1.29 is 23.1 Å². The Kier molecular flexibility index (Phi) is 5.31. The number of halogens is 3. The number of nitrogens with zero attached hydrogens (tertiary/aromatic N) is 2. The number of aryl methyl sites for hydroxylation is 1. The molecule has 24 heavy (non-hydrogen) atoms. The number of aliphatic carboxylic acids is 1. The van der Waals surface area contributed by atoms with E-state index in [-0.39, 0.29) is 0 Å². The Balaban J connectivity index is 0.000000256. The van der Waals surface area contributed by atoms with E-state index in [0.29, 0.717) is 6.04 Å². The fourth-order valence-corrected chi connectivity index (χ4v) is 2.75. The van der Waals surface area contributed by atoms with Gasteiger partial charge in [0.15, 0.2) is 0 Å². The normalized spacial score (nSPS) is 17.5. The fourth-order valence-electron chi connectivity index (χ4n) is 2.75. The van der Waals surface area contributed by atoms with E-state index in [1.165, 1.54) is 23.8 Å². The molecule has 0 radical (unpaired) electrons. The number of hydrogen-bond acceptors (Lipinski definition) is 3. The molecule has 1 atom stereocenters. The van der Waals surface area contributed by atoms with Crippen molar-refractivity contribution in [2.24, 2.45) is 0 Å². The molecule has 1 aromatic carbocycles. The summed E-state index contributed by atoms with van der Waals surface area (Å²) < 4.78 is 31.7. The summed E-state index contributed by atoms with van der Waals surface area (Å²) in [6.45, 7) is 5.61. The van der Waals surface area contributed by atoms with E-state index in [0.717, 1.165) is 17.9 Å². The van der Waals surface area contributed by atoms with E-state index in [4.69, 9.17) is 14.9 Å². The summed E-state index contributed by atoms with van der Waals surface area (Å²) in [6, 6.07) is 11.2. The largest absolute Gasteiger partial charge is 0.490 e. The Bertz CT molecular complexity index is 731. The number of anilines is 1. The van der Waals surface area contributed by atoms with Crippen molar-refractivity contribution in [3.8, 4) is 0 Å². The highest BCUT2D eigenvalue weighted by atomic mass is 19.4. The third-order valence-corrected chi connectivity index (χ3v) is 4.00. The molecular weight excluding hydrogens is 321 g/mol. The third-order valence-electron chi connectivity index (χ3n) is 4.00. The molecule has 130 valence electrons. The number of carboxylic acid groups (broad SMARTS) is 1. The van der Waals surface area contributed by atoms with Crippen molar-refractivity contribution in [1.82, 2.24) is 4.98 Å². The van der Waals surface area contributed by atoms with Gasteiger partial charge in [-0.3, -0.25) is 0 Å². The minimum absolute atomic E-state index is 0.628. The van der Waals surface area contributed by atoms with Gasteiger partial charge in [-0.1, -0.05) is 18.2 Å². The van der Waals surface area contributed by atoms with Crippen LogP contribution in [0.25, 0.3) is 10.9 Å². The number of benzene rings is 1. The van der Waals surface area contributed by atoms with Crippen LogP contribution in [0.15, 0.2) is 30.3 Å². The third kappa shape index (κ3) is 4.15. The first kappa shape index (κ1) is 18.0. The highest BCUT2D eigenvalue weighted by Crippen LogP contribution is 2.27. The van der Waals surface area contributed by atoms with Gasteiger partial charge in [0.1, 0.15) is 5.82 Å². The van der Waals surface area contributed by atoms with E-state index >= 15 is 0 Å². The summed E-state index contributed by atoms with van der Waals surface area (Å²) in [7, 11) is 0. The number of carbonyl (C=O) groups is 1. The van der Waals surface area contributed by atoms with Crippen LogP contribution in [0.1, 0.15) is 25.3 Å². The number of fused-ring (bicyclic) bond motifs is 1. The average molecular weight is 340 g/mol. The Morgan fingerprint density at radius 1 is 1.33 bits per heavy atom. The van der Waals surface area contributed by atoms with Crippen molar-refractivity contribution in [3.05, 3.63) is 35.9 Å². The summed E-state index contributed by atoms with van der Waals surface area (Å²) in [5.41, 5.74) is 2.44. The summed E-state index contributed by atoms with van der Waals surface area (Å²) >= 11 is 0. The first-order valence-electron chi connectivity index (χ1n) is 7.63. The number of rotatable bonds is 1. The number of pyridine rings is 1. The van der Waals surface area contributed by atoms with Crippen molar-refractivity contribution in [2.75, 3.05) is 11.4 Å². The van der Waals surface area contributed by atoms with E-state index in [9.17, 15) is 13.2 Å². The van der Waals surface area contributed by atoms with Gasteiger partial charge in [0.05, 0.1) is 5.52 Å². The van der Waals surface area contributed by atoms with Crippen LogP contribution < -0.4 is 4.90 Å². The highest BCUT2D eigenvalue weighted by Gasteiger charge is 2.38. The smallest absolute Gasteiger partial charge is 0.475 e. The average Bonchev–Trinajstić information content (AvgIpc) is 2.93. The molecule has 1 aromatic heterocycles. The predicted molar refractivity (Wildman–Crippen MR) is 86.2 cm³/mol. The van der Waals surface area contributed by atoms with Crippen molar-refractivity contribution in [2.45, 2.75) is 38.9 Å². The molecule has 2 aromatic rings. The molecular formula is C17H19F3N2O2. The Morgan fingerprint density at radius 3 is 2.50 bits per heavy atom. The Labute approximate surface area is 137 Å². The number of hydrogen-bond donors (Lipinski definition) is 1. The monoisotopic (exact) mass is 340 g/mol. The fraction of sp³-hybridized carbons (Fsp3) is 0.412. The van der Waals surface area contributed by atoms with Crippen molar-refractivity contribution in [1.29, 1.82) is 0 Å². The maximum atomic E-state index is 10.6. The van der Waals surface area contributed by atoms with Crippen LogP contribution in [0.4, 0.5) is 19.0 Å². The molecule has 7 heteroatoms. The van der Waals surface area contributed by atoms with E-state index in [1.54, 1.807) is 0 Å². The molecule has 1 saturated heterocycles.